The van der Waals surface area contributed by atoms with Crippen molar-refractivity contribution < 1.29 is 9.53 Å². The first-order valence-electron chi connectivity index (χ1n) is 3.80. The number of thiophene rings is 1. The number of nitrogens with zero attached hydrogens (tertiary/aromatic N) is 1. The van der Waals surface area contributed by atoms with Gasteiger partial charge in [0, 0.05) is 16.7 Å². The number of esters is 1. The van der Waals surface area contributed by atoms with E-state index >= 15 is 0 Å². The summed E-state index contributed by atoms with van der Waals surface area (Å²) in [6.07, 6.45) is 1.19. The van der Waals surface area contributed by atoms with Crippen LogP contribution in [0, 0.1) is 11.3 Å². The quantitative estimate of drug-likeness (QED) is 0.693. The molecule has 0 amide bonds. The third kappa shape index (κ3) is 2.56. The molecule has 0 bridgehead atoms. The smallest absolute Gasteiger partial charge is 0.338 e. The third-order valence-electron chi connectivity index (χ3n) is 1.56. The van der Waals surface area contributed by atoms with Gasteiger partial charge in [-0.1, -0.05) is 0 Å². The Labute approximate surface area is 80.6 Å². The van der Waals surface area contributed by atoms with Crippen molar-refractivity contribution >= 4 is 17.3 Å². The zero-order valence-corrected chi connectivity index (χ0v) is 8.06. The summed E-state index contributed by atoms with van der Waals surface area (Å²) < 4.78 is 4.56. The first kappa shape index (κ1) is 9.75. The van der Waals surface area contributed by atoms with Crippen LogP contribution >= 0.6 is 11.3 Å². The summed E-state index contributed by atoms with van der Waals surface area (Å²) in [5, 5.41) is 10.1. The minimum atomic E-state index is -0.320. The summed E-state index contributed by atoms with van der Waals surface area (Å²) in [5.41, 5.74) is 0.570. The summed E-state index contributed by atoms with van der Waals surface area (Å²) in [5.74, 6) is -0.320. The predicted octanol–water partition coefficient (Wildman–Crippen LogP) is 1.99. The number of rotatable bonds is 3. The zero-order chi connectivity index (χ0) is 9.68. The van der Waals surface area contributed by atoms with Crippen LogP contribution in [0.3, 0.4) is 0 Å². The molecule has 0 fully saturated rings. The number of methoxy groups -OCH3 is 1. The van der Waals surface area contributed by atoms with Crippen LogP contribution in [0.5, 0.6) is 0 Å². The van der Waals surface area contributed by atoms with Gasteiger partial charge in [-0.2, -0.15) is 5.26 Å². The van der Waals surface area contributed by atoms with Crippen LogP contribution < -0.4 is 0 Å². The minimum absolute atomic E-state index is 0.320. The Kier molecular flexibility index (Phi) is 3.47. The zero-order valence-electron chi connectivity index (χ0n) is 7.24. The highest BCUT2D eigenvalue weighted by Crippen LogP contribution is 2.16. The highest BCUT2D eigenvalue weighted by Gasteiger charge is 2.07. The van der Waals surface area contributed by atoms with Crippen molar-refractivity contribution in [3.63, 3.8) is 0 Å². The van der Waals surface area contributed by atoms with E-state index in [0.717, 1.165) is 4.88 Å². The molecule has 4 heteroatoms. The lowest BCUT2D eigenvalue weighted by Crippen LogP contribution is -1.98. The van der Waals surface area contributed by atoms with Gasteiger partial charge in [-0.05, 0) is 12.5 Å². The number of aryl methyl sites for hydroxylation is 1. The Balaban J connectivity index is 2.64. The monoisotopic (exact) mass is 195 g/mol. The Morgan fingerprint density at radius 1 is 1.77 bits per heavy atom. The van der Waals surface area contributed by atoms with Crippen LogP contribution in [0.15, 0.2) is 11.4 Å². The van der Waals surface area contributed by atoms with Crippen LogP contribution in [0.2, 0.25) is 0 Å². The topological polar surface area (TPSA) is 50.1 Å². The van der Waals surface area contributed by atoms with Crippen molar-refractivity contribution in [2.24, 2.45) is 0 Å². The number of carbonyl (C=O) groups excluding carboxylic acids is 1. The lowest BCUT2D eigenvalue weighted by molar-refractivity contribution is 0.0601. The van der Waals surface area contributed by atoms with E-state index in [0.29, 0.717) is 18.4 Å². The van der Waals surface area contributed by atoms with Crippen LogP contribution in [0.25, 0.3) is 0 Å². The molecule has 0 saturated heterocycles. The van der Waals surface area contributed by atoms with Crippen molar-refractivity contribution in [3.8, 4) is 6.07 Å². The SMILES string of the molecule is COC(=O)c1csc(CCC#N)c1. The molecule has 3 nitrogen and oxygen atoms in total. The normalized spacial score (nSPS) is 9.23. The molecule has 1 aromatic heterocycles. The first-order valence-corrected chi connectivity index (χ1v) is 4.68. The van der Waals surface area contributed by atoms with Gasteiger partial charge in [-0.15, -0.1) is 11.3 Å². The average Bonchev–Trinajstić information content (AvgIpc) is 2.62. The lowest BCUT2D eigenvalue weighted by atomic mass is 10.2. The molecule has 13 heavy (non-hydrogen) atoms. The molecule has 0 saturated carbocycles. The molecule has 0 unspecified atom stereocenters. The second-order valence-corrected chi connectivity index (χ2v) is 3.45. The van der Waals surface area contributed by atoms with E-state index < -0.39 is 0 Å². The fraction of sp³-hybridized carbons (Fsp3) is 0.333. The second-order valence-electron chi connectivity index (χ2n) is 2.45. The van der Waals surface area contributed by atoms with Gasteiger partial charge in [0.25, 0.3) is 0 Å². The van der Waals surface area contributed by atoms with E-state index in [-0.39, 0.29) is 5.97 Å². The van der Waals surface area contributed by atoms with Gasteiger partial charge in [0.2, 0.25) is 0 Å². The molecule has 0 atom stereocenters. The van der Waals surface area contributed by atoms with Gasteiger partial charge in [-0.25, -0.2) is 4.79 Å². The summed E-state index contributed by atoms with van der Waals surface area (Å²) in [7, 11) is 1.36. The van der Waals surface area contributed by atoms with Crippen LogP contribution in [0.1, 0.15) is 21.7 Å². The standard InChI is InChI=1S/C9H9NO2S/c1-12-9(11)7-5-8(13-6-7)3-2-4-10/h5-6H,2-3H2,1H3. The predicted molar refractivity (Wildman–Crippen MR) is 49.6 cm³/mol. The number of hydrogen-bond donors (Lipinski definition) is 0. The van der Waals surface area contributed by atoms with E-state index in [1.54, 1.807) is 11.4 Å². The molecule has 0 N–H and O–H groups in total. The average molecular weight is 195 g/mol. The first-order chi connectivity index (χ1) is 6.27. The maximum atomic E-state index is 11.0. The lowest BCUT2D eigenvalue weighted by Gasteiger charge is -1.91. The van der Waals surface area contributed by atoms with E-state index in [1.165, 1.54) is 18.4 Å². The molecule has 1 rings (SSSR count). The van der Waals surface area contributed by atoms with Crippen LogP contribution in [-0.2, 0) is 11.2 Å². The van der Waals surface area contributed by atoms with Gasteiger partial charge in [0.05, 0.1) is 18.7 Å². The molecular formula is C9H9NO2S. The molecule has 1 aromatic rings. The Morgan fingerprint density at radius 3 is 3.15 bits per heavy atom. The third-order valence-corrected chi connectivity index (χ3v) is 2.55. The Bertz CT molecular complexity index is 338. The van der Waals surface area contributed by atoms with Crippen molar-refractivity contribution in [1.29, 1.82) is 5.26 Å². The highest BCUT2D eigenvalue weighted by molar-refractivity contribution is 7.10. The summed E-state index contributed by atoms with van der Waals surface area (Å²) in [6.45, 7) is 0. The Hall–Kier alpha value is -1.34. The van der Waals surface area contributed by atoms with E-state index in [1.807, 2.05) is 0 Å². The molecule has 0 aliphatic heterocycles. The molecule has 0 aromatic carbocycles. The largest absolute Gasteiger partial charge is 0.465 e. The van der Waals surface area contributed by atoms with Crippen LogP contribution in [-0.4, -0.2) is 13.1 Å². The highest BCUT2D eigenvalue weighted by atomic mass is 32.1. The fourth-order valence-corrected chi connectivity index (χ4v) is 1.77. The fourth-order valence-electron chi connectivity index (χ4n) is 0.916. The second kappa shape index (κ2) is 4.63. The van der Waals surface area contributed by atoms with Gasteiger partial charge in [-0.3, -0.25) is 0 Å². The molecule has 0 aliphatic carbocycles. The number of ether oxygens (including phenoxy) is 1. The minimum Gasteiger partial charge on any atom is -0.465 e. The Morgan fingerprint density at radius 2 is 2.54 bits per heavy atom. The van der Waals surface area contributed by atoms with Crippen molar-refractivity contribution in [2.75, 3.05) is 7.11 Å². The molecule has 0 radical (unpaired) electrons. The molecule has 0 spiro atoms. The molecule has 0 aliphatic rings. The van der Waals surface area contributed by atoms with Crippen molar-refractivity contribution in [3.05, 3.63) is 21.9 Å². The van der Waals surface area contributed by atoms with Gasteiger partial charge in [0.1, 0.15) is 0 Å². The summed E-state index contributed by atoms with van der Waals surface area (Å²) in [4.78, 5) is 12.1. The van der Waals surface area contributed by atoms with Crippen molar-refractivity contribution in [2.45, 2.75) is 12.8 Å². The van der Waals surface area contributed by atoms with Crippen LogP contribution in [0.4, 0.5) is 0 Å². The molecular weight excluding hydrogens is 186 g/mol. The summed E-state index contributed by atoms with van der Waals surface area (Å²) >= 11 is 1.48. The summed E-state index contributed by atoms with van der Waals surface area (Å²) in [6, 6.07) is 3.83. The van der Waals surface area contributed by atoms with Gasteiger partial charge < -0.3 is 4.74 Å². The van der Waals surface area contributed by atoms with E-state index in [2.05, 4.69) is 10.8 Å². The number of carbonyl (C=O) groups is 1. The van der Waals surface area contributed by atoms with Gasteiger partial charge in [0.15, 0.2) is 0 Å². The maximum absolute atomic E-state index is 11.0. The van der Waals surface area contributed by atoms with E-state index in [9.17, 15) is 4.79 Å². The maximum Gasteiger partial charge on any atom is 0.338 e. The molecule has 1 heterocycles. The number of hydrogen-bond acceptors (Lipinski definition) is 4. The van der Waals surface area contributed by atoms with E-state index in [4.69, 9.17) is 5.26 Å². The van der Waals surface area contributed by atoms with Gasteiger partial charge >= 0.3 is 5.97 Å². The van der Waals surface area contributed by atoms with Crippen molar-refractivity contribution in [1.82, 2.24) is 0 Å². The number of nitriles is 1. The molecule has 68 valence electrons.